The molecule has 1 aliphatic rings. The average molecular weight is 419 g/mol. The Labute approximate surface area is 171 Å². The van der Waals surface area contributed by atoms with Crippen molar-refractivity contribution in [2.45, 2.75) is 32.0 Å². The number of carbonyl (C=O) groups is 3. The van der Waals surface area contributed by atoms with E-state index in [9.17, 15) is 27.6 Å². The summed E-state index contributed by atoms with van der Waals surface area (Å²) in [6, 6.07) is 10.5. The summed E-state index contributed by atoms with van der Waals surface area (Å²) in [5.41, 5.74) is -1.14. The van der Waals surface area contributed by atoms with Crippen LogP contribution in [0.2, 0.25) is 0 Å². The van der Waals surface area contributed by atoms with E-state index in [2.05, 4.69) is 10.6 Å². The molecule has 0 bridgehead atoms. The number of nitrogens with one attached hydrogen (secondary N) is 2. The number of imide groups is 1. The van der Waals surface area contributed by atoms with Gasteiger partial charge in [-0.1, -0.05) is 31.2 Å². The predicted molar refractivity (Wildman–Crippen MR) is 103 cm³/mol. The molecule has 158 valence electrons. The molecule has 0 aliphatic carbocycles. The van der Waals surface area contributed by atoms with E-state index in [1.165, 1.54) is 19.1 Å². The topological polar surface area (TPSA) is 78.5 Å². The van der Waals surface area contributed by atoms with Crippen LogP contribution in [0, 0.1) is 0 Å². The highest BCUT2D eigenvalue weighted by Gasteiger charge is 2.50. The molecule has 1 heterocycles. The van der Waals surface area contributed by atoms with Gasteiger partial charge in [-0.15, -0.1) is 0 Å². The SMILES string of the molecule is CCc1cccc(NC(=O)CN2C(=O)NC(C)(c3cccc(C(F)(F)F)c3)C2=O)c1. The van der Waals surface area contributed by atoms with Crippen LogP contribution in [0.25, 0.3) is 0 Å². The molecular weight excluding hydrogens is 399 g/mol. The minimum atomic E-state index is -4.59. The number of hydrogen-bond donors (Lipinski definition) is 2. The lowest BCUT2D eigenvalue weighted by Crippen LogP contribution is -2.42. The summed E-state index contributed by atoms with van der Waals surface area (Å²) in [6.07, 6.45) is -3.82. The standard InChI is InChI=1S/C21H20F3N3O3/c1-3-13-6-4-9-16(10-13)25-17(28)12-27-18(29)20(2,26-19(27)30)14-7-5-8-15(11-14)21(22,23)24/h4-11H,3,12H2,1-2H3,(H,25,28)(H,26,30). The highest BCUT2D eigenvalue weighted by Crippen LogP contribution is 2.34. The lowest BCUT2D eigenvalue weighted by Gasteiger charge is -2.23. The zero-order chi connectivity index (χ0) is 22.1. The van der Waals surface area contributed by atoms with Gasteiger partial charge in [-0.05, 0) is 48.7 Å². The Morgan fingerprint density at radius 1 is 1.13 bits per heavy atom. The Morgan fingerprint density at radius 3 is 2.50 bits per heavy atom. The first-order valence-corrected chi connectivity index (χ1v) is 9.25. The lowest BCUT2D eigenvalue weighted by atomic mass is 9.90. The molecule has 0 saturated carbocycles. The molecule has 4 amide bonds. The molecule has 30 heavy (non-hydrogen) atoms. The van der Waals surface area contributed by atoms with E-state index in [0.717, 1.165) is 24.1 Å². The third-order valence-corrected chi connectivity index (χ3v) is 4.96. The molecule has 9 heteroatoms. The molecule has 0 spiro atoms. The molecular formula is C21H20F3N3O3. The third kappa shape index (κ3) is 4.14. The number of nitrogens with zero attached hydrogens (tertiary/aromatic N) is 1. The van der Waals surface area contributed by atoms with E-state index in [4.69, 9.17) is 0 Å². The smallest absolute Gasteiger partial charge is 0.325 e. The van der Waals surface area contributed by atoms with Crippen molar-refractivity contribution in [3.05, 3.63) is 65.2 Å². The minimum absolute atomic E-state index is 0.0192. The lowest BCUT2D eigenvalue weighted by molar-refractivity contribution is -0.138. The second-order valence-corrected chi connectivity index (χ2v) is 7.13. The maximum absolute atomic E-state index is 13.0. The van der Waals surface area contributed by atoms with E-state index < -0.39 is 41.7 Å². The average Bonchev–Trinajstić information content (AvgIpc) is 2.91. The Kier molecular flexibility index (Phi) is 5.56. The number of halogens is 3. The molecule has 0 aromatic heterocycles. The molecule has 0 radical (unpaired) electrons. The normalized spacial score (nSPS) is 19.0. The van der Waals surface area contributed by atoms with Gasteiger partial charge in [0.15, 0.2) is 0 Å². The van der Waals surface area contributed by atoms with E-state index in [0.29, 0.717) is 10.6 Å². The Hall–Kier alpha value is -3.36. The van der Waals surface area contributed by atoms with Crippen LogP contribution in [-0.4, -0.2) is 29.3 Å². The van der Waals surface area contributed by atoms with Crippen molar-refractivity contribution in [2.24, 2.45) is 0 Å². The van der Waals surface area contributed by atoms with Crippen molar-refractivity contribution in [1.29, 1.82) is 0 Å². The quantitative estimate of drug-likeness (QED) is 0.726. The Balaban J connectivity index is 1.78. The summed E-state index contributed by atoms with van der Waals surface area (Å²) in [5.74, 6) is -1.40. The molecule has 1 saturated heterocycles. The molecule has 6 nitrogen and oxygen atoms in total. The molecule has 1 unspecified atom stereocenters. The number of rotatable bonds is 5. The van der Waals surface area contributed by atoms with E-state index in [1.54, 1.807) is 18.2 Å². The van der Waals surface area contributed by atoms with Gasteiger partial charge in [-0.2, -0.15) is 13.2 Å². The van der Waals surface area contributed by atoms with Crippen molar-refractivity contribution < 1.29 is 27.6 Å². The van der Waals surface area contributed by atoms with E-state index >= 15 is 0 Å². The summed E-state index contributed by atoms with van der Waals surface area (Å²) >= 11 is 0. The van der Waals surface area contributed by atoms with Gasteiger partial charge in [0.05, 0.1) is 5.56 Å². The first-order chi connectivity index (χ1) is 14.0. The summed E-state index contributed by atoms with van der Waals surface area (Å²) in [6.45, 7) is 2.71. The molecule has 2 aromatic rings. The molecule has 3 rings (SSSR count). The zero-order valence-corrected chi connectivity index (χ0v) is 16.3. The second-order valence-electron chi connectivity index (χ2n) is 7.13. The second kappa shape index (κ2) is 7.81. The van der Waals surface area contributed by atoms with Crippen LogP contribution in [0.3, 0.4) is 0 Å². The van der Waals surface area contributed by atoms with Crippen LogP contribution in [0.5, 0.6) is 0 Å². The molecule has 1 fully saturated rings. The van der Waals surface area contributed by atoms with E-state index in [1.807, 2.05) is 13.0 Å². The third-order valence-electron chi connectivity index (χ3n) is 4.96. The fourth-order valence-corrected chi connectivity index (χ4v) is 3.26. The summed E-state index contributed by atoms with van der Waals surface area (Å²) in [7, 11) is 0. The number of hydrogen-bond acceptors (Lipinski definition) is 3. The number of urea groups is 1. The van der Waals surface area contributed by atoms with Crippen molar-refractivity contribution in [1.82, 2.24) is 10.2 Å². The fraction of sp³-hybridized carbons (Fsp3) is 0.286. The van der Waals surface area contributed by atoms with Crippen LogP contribution < -0.4 is 10.6 Å². The fourth-order valence-electron chi connectivity index (χ4n) is 3.26. The van der Waals surface area contributed by atoms with Gasteiger partial charge in [0.2, 0.25) is 5.91 Å². The highest BCUT2D eigenvalue weighted by atomic mass is 19.4. The predicted octanol–water partition coefficient (Wildman–Crippen LogP) is 3.67. The number of alkyl halides is 3. The largest absolute Gasteiger partial charge is 0.416 e. The Bertz CT molecular complexity index is 1010. The van der Waals surface area contributed by atoms with Crippen molar-refractivity contribution in [2.75, 3.05) is 11.9 Å². The first-order valence-electron chi connectivity index (χ1n) is 9.25. The minimum Gasteiger partial charge on any atom is -0.325 e. The monoisotopic (exact) mass is 419 g/mol. The first kappa shape index (κ1) is 21.4. The van der Waals surface area contributed by atoms with Crippen molar-refractivity contribution in [3.63, 3.8) is 0 Å². The molecule has 1 aliphatic heterocycles. The van der Waals surface area contributed by atoms with Crippen LogP contribution in [0.1, 0.15) is 30.5 Å². The number of anilines is 1. The number of carbonyl (C=O) groups excluding carboxylic acids is 3. The Morgan fingerprint density at radius 2 is 1.83 bits per heavy atom. The number of aryl methyl sites for hydroxylation is 1. The van der Waals surface area contributed by atoms with E-state index in [-0.39, 0.29) is 5.56 Å². The molecule has 2 N–H and O–H groups in total. The zero-order valence-electron chi connectivity index (χ0n) is 16.3. The van der Waals surface area contributed by atoms with Crippen LogP contribution in [-0.2, 0) is 27.7 Å². The van der Waals surface area contributed by atoms with Gasteiger partial charge in [0, 0.05) is 5.69 Å². The van der Waals surface area contributed by atoms with Gasteiger partial charge in [-0.3, -0.25) is 14.5 Å². The van der Waals surface area contributed by atoms with Crippen LogP contribution in [0.15, 0.2) is 48.5 Å². The van der Waals surface area contributed by atoms with Gasteiger partial charge in [0.1, 0.15) is 12.1 Å². The summed E-state index contributed by atoms with van der Waals surface area (Å²) in [5, 5.41) is 5.02. The summed E-state index contributed by atoms with van der Waals surface area (Å²) in [4.78, 5) is 38.3. The van der Waals surface area contributed by atoms with Gasteiger partial charge in [0.25, 0.3) is 5.91 Å². The maximum Gasteiger partial charge on any atom is 0.416 e. The maximum atomic E-state index is 13.0. The van der Waals surface area contributed by atoms with Gasteiger partial charge in [-0.25, -0.2) is 4.79 Å². The van der Waals surface area contributed by atoms with Crippen LogP contribution >= 0.6 is 0 Å². The van der Waals surface area contributed by atoms with Crippen molar-refractivity contribution >= 4 is 23.5 Å². The molecule has 2 aromatic carbocycles. The van der Waals surface area contributed by atoms with Crippen LogP contribution in [0.4, 0.5) is 23.7 Å². The van der Waals surface area contributed by atoms with Gasteiger partial charge >= 0.3 is 12.2 Å². The summed E-state index contributed by atoms with van der Waals surface area (Å²) < 4.78 is 39.1. The number of amides is 4. The number of benzene rings is 2. The van der Waals surface area contributed by atoms with Gasteiger partial charge < -0.3 is 10.6 Å². The highest BCUT2D eigenvalue weighted by molar-refractivity contribution is 6.10. The van der Waals surface area contributed by atoms with Crippen molar-refractivity contribution in [3.8, 4) is 0 Å². The molecule has 1 atom stereocenters.